The van der Waals surface area contributed by atoms with Gasteiger partial charge >= 0.3 is 5.97 Å². The summed E-state index contributed by atoms with van der Waals surface area (Å²) in [6, 6.07) is 13.4. The lowest BCUT2D eigenvalue weighted by Gasteiger charge is -2.29. The summed E-state index contributed by atoms with van der Waals surface area (Å²) in [4.78, 5) is 25.2. The molecule has 2 aromatic carbocycles. The van der Waals surface area contributed by atoms with Crippen LogP contribution in [0.2, 0.25) is 0 Å². The SMILES string of the molecule is CCOC(=O)C1C(=O)C=C(c2cccc(F)c2)CC1c1ccc(OC)cc1. The molecule has 0 N–H and O–H groups in total. The van der Waals surface area contributed by atoms with E-state index >= 15 is 0 Å². The van der Waals surface area contributed by atoms with Crippen molar-refractivity contribution in [3.8, 4) is 5.75 Å². The number of benzene rings is 2. The first kappa shape index (κ1) is 18.8. The fourth-order valence-corrected chi connectivity index (χ4v) is 3.44. The molecule has 0 aliphatic heterocycles. The highest BCUT2D eigenvalue weighted by Gasteiger charge is 2.39. The van der Waals surface area contributed by atoms with E-state index in [2.05, 4.69) is 0 Å². The third-order valence-electron chi connectivity index (χ3n) is 4.75. The number of carbonyl (C=O) groups is 2. The van der Waals surface area contributed by atoms with Gasteiger partial charge in [-0.25, -0.2) is 4.39 Å². The zero-order chi connectivity index (χ0) is 19.4. The normalized spacial score (nSPS) is 19.4. The molecule has 0 bridgehead atoms. The van der Waals surface area contributed by atoms with Crippen molar-refractivity contribution in [2.45, 2.75) is 19.3 Å². The van der Waals surface area contributed by atoms with E-state index in [0.29, 0.717) is 23.3 Å². The molecule has 0 saturated heterocycles. The fraction of sp³-hybridized carbons (Fsp3) is 0.273. The van der Waals surface area contributed by atoms with E-state index in [1.807, 2.05) is 12.1 Å². The quantitative estimate of drug-likeness (QED) is 0.588. The van der Waals surface area contributed by atoms with Crippen molar-refractivity contribution in [1.82, 2.24) is 0 Å². The lowest BCUT2D eigenvalue weighted by atomic mass is 9.73. The average molecular weight is 368 g/mol. The Morgan fingerprint density at radius 2 is 1.93 bits per heavy atom. The summed E-state index contributed by atoms with van der Waals surface area (Å²) in [6.45, 7) is 1.92. The van der Waals surface area contributed by atoms with Crippen LogP contribution in [0.1, 0.15) is 30.4 Å². The molecule has 0 fully saturated rings. The summed E-state index contributed by atoms with van der Waals surface area (Å²) >= 11 is 0. The molecule has 1 aliphatic carbocycles. The van der Waals surface area contributed by atoms with Gasteiger partial charge in [-0.3, -0.25) is 9.59 Å². The van der Waals surface area contributed by atoms with E-state index in [4.69, 9.17) is 9.47 Å². The van der Waals surface area contributed by atoms with Crippen LogP contribution >= 0.6 is 0 Å². The number of ketones is 1. The van der Waals surface area contributed by atoms with Crippen LogP contribution in [0, 0.1) is 11.7 Å². The minimum Gasteiger partial charge on any atom is -0.497 e. The molecule has 0 saturated carbocycles. The van der Waals surface area contributed by atoms with Crippen LogP contribution in [0.3, 0.4) is 0 Å². The third-order valence-corrected chi connectivity index (χ3v) is 4.75. The summed E-state index contributed by atoms with van der Waals surface area (Å²) in [5, 5.41) is 0. The molecule has 0 amide bonds. The van der Waals surface area contributed by atoms with Gasteiger partial charge in [-0.2, -0.15) is 0 Å². The third kappa shape index (κ3) is 4.08. The highest BCUT2D eigenvalue weighted by molar-refractivity contribution is 6.10. The van der Waals surface area contributed by atoms with E-state index in [9.17, 15) is 14.0 Å². The van der Waals surface area contributed by atoms with Gasteiger partial charge in [0.25, 0.3) is 0 Å². The van der Waals surface area contributed by atoms with Crippen molar-refractivity contribution >= 4 is 17.3 Å². The average Bonchev–Trinajstić information content (AvgIpc) is 2.67. The molecular formula is C22H21FO4. The van der Waals surface area contributed by atoms with Crippen molar-refractivity contribution in [1.29, 1.82) is 0 Å². The van der Waals surface area contributed by atoms with Crippen molar-refractivity contribution < 1.29 is 23.5 Å². The Kier molecular flexibility index (Phi) is 5.69. The Morgan fingerprint density at radius 3 is 2.56 bits per heavy atom. The first-order valence-corrected chi connectivity index (χ1v) is 8.84. The number of allylic oxidation sites excluding steroid dienone is 2. The monoisotopic (exact) mass is 368 g/mol. The molecule has 2 atom stereocenters. The highest BCUT2D eigenvalue weighted by atomic mass is 19.1. The van der Waals surface area contributed by atoms with E-state index < -0.39 is 11.9 Å². The number of hydrogen-bond acceptors (Lipinski definition) is 4. The number of ether oxygens (including phenoxy) is 2. The Hall–Kier alpha value is -2.95. The Balaban J connectivity index is 2.01. The molecular weight excluding hydrogens is 347 g/mol. The summed E-state index contributed by atoms with van der Waals surface area (Å²) < 4.78 is 23.9. The standard InChI is InChI=1S/C22H21FO4/c1-3-27-22(25)21-19(14-7-9-18(26-2)10-8-14)12-16(13-20(21)24)15-5-4-6-17(23)11-15/h4-11,13,19,21H,3,12H2,1-2H3. The number of hydrogen-bond donors (Lipinski definition) is 0. The smallest absolute Gasteiger partial charge is 0.317 e. The summed E-state index contributed by atoms with van der Waals surface area (Å²) in [5.41, 5.74) is 2.19. The van der Waals surface area contributed by atoms with Crippen LogP contribution in [-0.4, -0.2) is 25.5 Å². The zero-order valence-electron chi connectivity index (χ0n) is 15.3. The molecule has 0 aromatic heterocycles. The Morgan fingerprint density at radius 1 is 1.19 bits per heavy atom. The van der Waals surface area contributed by atoms with Crippen molar-refractivity contribution in [3.05, 3.63) is 71.6 Å². The summed E-state index contributed by atoms with van der Waals surface area (Å²) in [7, 11) is 1.57. The van der Waals surface area contributed by atoms with E-state index in [0.717, 1.165) is 5.56 Å². The predicted molar refractivity (Wildman–Crippen MR) is 99.9 cm³/mol. The van der Waals surface area contributed by atoms with Crippen LogP contribution < -0.4 is 4.74 Å². The molecule has 0 radical (unpaired) electrons. The number of rotatable bonds is 5. The van der Waals surface area contributed by atoms with Crippen molar-refractivity contribution in [2.75, 3.05) is 13.7 Å². The van der Waals surface area contributed by atoms with E-state index in [1.165, 1.54) is 18.2 Å². The highest BCUT2D eigenvalue weighted by Crippen LogP contribution is 2.40. The van der Waals surface area contributed by atoms with E-state index in [1.54, 1.807) is 38.3 Å². The molecule has 0 heterocycles. The second-order valence-electron chi connectivity index (χ2n) is 6.40. The van der Waals surface area contributed by atoms with Gasteiger partial charge in [0, 0.05) is 5.92 Å². The molecule has 4 nitrogen and oxygen atoms in total. The molecule has 1 aliphatic rings. The van der Waals surface area contributed by atoms with Crippen LogP contribution in [0.15, 0.2) is 54.6 Å². The topological polar surface area (TPSA) is 52.6 Å². The maximum atomic E-state index is 13.6. The van der Waals surface area contributed by atoms with E-state index in [-0.39, 0.29) is 24.1 Å². The molecule has 3 rings (SSSR count). The second-order valence-corrected chi connectivity index (χ2v) is 6.40. The van der Waals surface area contributed by atoms with Gasteiger partial charge < -0.3 is 9.47 Å². The van der Waals surface area contributed by atoms with Crippen LogP contribution in [0.25, 0.3) is 5.57 Å². The van der Waals surface area contributed by atoms with Gasteiger partial charge in [0.1, 0.15) is 17.5 Å². The summed E-state index contributed by atoms with van der Waals surface area (Å²) in [5.74, 6) is -1.82. The molecule has 5 heteroatoms. The Labute approximate surface area is 157 Å². The lowest BCUT2D eigenvalue weighted by Crippen LogP contribution is -2.34. The number of methoxy groups -OCH3 is 1. The number of halogens is 1. The van der Waals surface area contributed by atoms with Crippen LogP contribution in [0.5, 0.6) is 5.75 Å². The predicted octanol–water partition coefficient (Wildman–Crippen LogP) is 4.15. The number of carbonyl (C=O) groups excluding carboxylic acids is 2. The molecule has 2 unspecified atom stereocenters. The molecule has 140 valence electrons. The first-order valence-electron chi connectivity index (χ1n) is 8.84. The largest absolute Gasteiger partial charge is 0.497 e. The van der Waals surface area contributed by atoms with Gasteiger partial charge in [0.2, 0.25) is 0 Å². The van der Waals surface area contributed by atoms with Crippen LogP contribution in [0.4, 0.5) is 4.39 Å². The van der Waals surface area contributed by atoms with Crippen molar-refractivity contribution in [3.63, 3.8) is 0 Å². The van der Waals surface area contributed by atoms with Gasteiger partial charge in [-0.05, 0) is 60.4 Å². The zero-order valence-corrected chi connectivity index (χ0v) is 15.3. The Bertz CT molecular complexity index is 870. The second kappa shape index (κ2) is 8.16. The molecule has 27 heavy (non-hydrogen) atoms. The maximum Gasteiger partial charge on any atom is 0.317 e. The number of esters is 1. The summed E-state index contributed by atoms with van der Waals surface area (Å²) in [6.07, 6.45) is 1.88. The van der Waals surface area contributed by atoms with Crippen LogP contribution in [-0.2, 0) is 14.3 Å². The van der Waals surface area contributed by atoms with Gasteiger partial charge in [-0.1, -0.05) is 24.3 Å². The maximum absolute atomic E-state index is 13.6. The van der Waals surface area contributed by atoms with Gasteiger partial charge in [-0.15, -0.1) is 0 Å². The fourth-order valence-electron chi connectivity index (χ4n) is 3.44. The van der Waals surface area contributed by atoms with Gasteiger partial charge in [0.15, 0.2) is 5.78 Å². The van der Waals surface area contributed by atoms with Crippen molar-refractivity contribution in [2.24, 2.45) is 5.92 Å². The first-order chi connectivity index (χ1) is 13.0. The molecule has 2 aromatic rings. The minimum atomic E-state index is -0.907. The minimum absolute atomic E-state index is 0.207. The lowest BCUT2D eigenvalue weighted by molar-refractivity contribution is -0.151. The molecule has 0 spiro atoms. The van der Waals surface area contributed by atoms with Gasteiger partial charge in [0.05, 0.1) is 13.7 Å².